The van der Waals surface area contributed by atoms with E-state index in [-0.39, 0.29) is 0 Å². The van der Waals surface area contributed by atoms with Crippen LogP contribution in [0.5, 0.6) is 0 Å². The van der Waals surface area contributed by atoms with Crippen LogP contribution in [0.4, 0.5) is 0 Å². The van der Waals surface area contributed by atoms with Gasteiger partial charge >= 0.3 is 5.97 Å². The van der Waals surface area contributed by atoms with E-state index < -0.39 is 5.97 Å². The van der Waals surface area contributed by atoms with E-state index in [0.29, 0.717) is 0 Å². The summed E-state index contributed by atoms with van der Waals surface area (Å²) in [6.07, 6.45) is 1.26. The van der Waals surface area contributed by atoms with Crippen molar-refractivity contribution in [1.29, 1.82) is 0 Å². The topological polar surface area (TPSA) is 40.5 Å². The molecule has 3 nitrogen and oxygen atoms in total. The molecule has 0 saturated carbocycles. The summed E-state index contributed by atoms with van der Waals surface area (Å²) in [5, 5.41) is 8.45. The molecule has 0 aromatic heterocycles. The summed E-state index contributed by atoms with van der Waals surface area (Å²) < 4.78 is 0. The van der Waals surface area contributed by atoms with Crippen LogP contribution in [0.1, 0.15) is 20.8 Å². The quantitative estimate of drug-likeness (QED) is 0.635. The minimum Gasteiger partial charge on any atom is -0.478 e. The number of carboxylic acid groups (broad SMARTS) is 1. The molecule has 1 N–H and O–H groups in total. The SMILES string of the molecule is CCN(CC)CC(C)=CC(=O)O. The highest BCUT2D eigenvalue weighted by molar-refractivity contribution is 5.80. The molecule has 0 aromatic rings. The maximum Gasteiger partial charge on any atom is 0.328 e. The van der Waals surface area contributed by atoms with Crippen molar-refractivity contribution in [2.24, 2.45) is 0 Å². The number of nitrogens with zero attached hydrogens (tertiary/aromatic N) is 1. The zero-order valence-corrected chi connectivity index (χ0v) is 8.00. The number of likely N-dealkylation sites (N-methyl/N-ethyl adjacent to an activating group) is 1. The van der Waals surface area contributed by atoms with Gasteiger partial charge in [-0.15, -0.1) is 0 Å². The molecule has 70 valence electrons. The molecule has 0 aliphatic carbocycles. The molecule has 0 rings (SSSR count). The normalized spacial score (nSPS) is 12.2. The Balaban J connectivity index is 3.97. The highest BCUT2D eigenvalue weighted by atomic mass is 16.4. The fourth-order valence-electron chi connectivity index (χ4n) is 1.06. The molecule has 0 aromatic carbocycles. The molecule has 12 heavy (non-hydrogen) atoms. The molecule has 0 radical (unpaired) electrons. The van der Waals surface area contributed by atoms with Gasteiger partial charge < -0.3 is 5.11 Å². The van der Waals surface area contributed by atoms with Gasteiger partial charge in [0.25, 0.3) is 0 Å². The van der Waals surface area contributed by atoms with Crippen LogP contribution in [-0.4, -0.2) is 35.6 Å². The van der Waals surface area contributed by atoms with Crippen molar-refractivity contribution in [1.82, 2.24) is 4.90 Å². The van der Waals surface area contributed by atoms with E-state index in [2.05, 4.69) is 18.7 Å². The largest absolute Gasteiger partial charge is 0.478 e. The Hall–Kier alpha value is -0.830. The van der Waals surface area contributed by atoms with Crippen molar-refractivity contribution in [2.75, 3.05) is 19.6 Å². The predicted molar refractivity (Wildman–Crippen MR) is 49.2 cm³/mol. The average Bonchev–Trinajstić information content (AvgIpc) is 1.98. The Kier molecular flexibility index (Phi) is 5.37. The molecular weight excluding hydrogens is 154 g/mol. The Bertz CT molecular complexity index is 171. The van der Waals surface area contributed by atoms with E-state index in [0.717, 1.165) is 25.2 Å². The third-order valence-electron chi connectivity index (χ3n) is 1.74. The third-order valence-corrected chi connectivity index (χ3v) is 1.74. The lowest BCUT2D eigenvalue weighted by Crippen LogP contribution is -2.24. The fourth-order valence-corrected chi connectivity index (χ4v) is 1.06. The van der Waals surface area contributed by atoms with E-state index in [4.69, 9.17) is 5.11 Å². The summed E-state index contributed by atoms with van der Waals surface area (Å²) in [5.41, 5.74) is 0.895. The summed E-state index contributed by atoms with van der Waals surface area (Å²) in [6, 6.07) is 0. The predicted octanol–water partition coefficient (Wildman–Crippen LogP) is 1.36. The zero-order chi connectivity index (χ0) is 9.56. The first-order valence-electron chi connectivity index (χ1n) is 4.22. The highest BCUT2D eigenvalue weighted by Crippen LogP contribution is 1.97. The Morgan fingerprint density at radius 1 is 1.42 bits per heavy atom. The van der Waals surface area contributed by atoms with Gasteiger partial charge in [0.15, 0.2) is 0 Å². The molecule has 0 atom stereocenters. The van der Waals surface area contributed by atoms with Gasteiger partial charge in [0.2, 0.25) is 0 Å². The van der Waals surface area contributed by atoms with Crippen LogP contribution in [0.3, 0.4) is 0 Å². The van der Waals surface area contributed by atoms with Gasteiger partial charge in [-0.25, -0.2) is 4.79 Å². The molecule has 0 heterocycles. The summed E-state index contributed by atoms with van der Waals surface area (Å²) in [5.74, 6) is -0.861. The smallest absolute Gasteiger partial charge is 0.328 e. The maximum absolute atomic E-state index is 10.3. The van der Waals surface area contributed by atoms with Crippen molar-refractivity contribution in [3.05, 3.63) is 11.6 Å². The van der Waals surface area contributed by atoms with Crippen LogP contribution in [0.25, 0.3) is 0 Å². The second-order valence-corrected chi connectivity index (χ2v) is 2.79. The van der Waals surface area contributed by atoms with Gasteiger partial charge in [-0.3, -0.25) is 4.90 Å². The zero-order valence-electron chi connectivity index (χ0n) is 8.00. The highest BCUT2D eigenvalue weighted by Gasteiger charge is 2.00. The molecular formula is C9H17NO2. The van der Waals surface area contributed by atoms with E-state index in [1.165, 1.54) is 6.08 Å². The van der Waals surface area contributed by atoms with Crippen LogP contribution in [0, 0.1) is 0 Å². The summed E-state index contributed by atoms with van der Waals surface area (Å²) in [6.45, 7) is 8.64. The van der Waals surface area contributed by atoms with Gasteiger partial charge in [0, 0.05) is 12.6 Å². The van der Waals surface area contributed by atoms with Crippen molar-refractivity contribution < 1.29 is 9.90 Å². The Labute approximate surface area is 73.7 Å². The lowest BCUT2D eigenvalue weighted by atomic mass is 10.2. The molecule has 0 aliphatic rings. The number of carboxylic acids is 1. The number of aliphatic carboxylic acids is 1. The van der Waals surface area contributed by atoms with Crippen LogP contribution in [0.2, 0.25) is 0 Å². The van der Waals surface area contributed by atoms with Gasteiger partial charge in [-0.1, -0.05) is 19.4 Å². The minimum atomic E-state index is -0.861. The van der Waals surface area contributed by atoms with Crippen molar-refractivity contribution in [2.45, 2.75) is 20.8 Å². The second kappa shape index (κ2) is 5.77. The third kappa shape index (κ3) is 4.91. The first kappa shape index (κ1) is 11.2. The van der Waals surface area contributed by atoms with Crippen molar-refractivity contribution in [3.8, 4) is 0 Å². The number of hydrogen-bond acceptors (Lipinski definition) is 2. The number of rotatable bonds is 5. The van der Waals surface area contributed by atoms with Gasteiger partial charge in [0.05, 0.1) is 0 Å². The Morgan fingerprint density at radius 3 is 2.25 bits per heavy atom. The number of carbonyl (C=O) groups is 1. The van der Waals surface area contributed by atoms with E-state index in [9.17, 15) is 4.79 Å². The van der Waals surface area contributed by atoms with Crippen LogP contribution in [0.15, 0.2) is 11.6 Å². The molecule has 3 heteroatoms. The first-order chi connectivity index (χ1) is 5.60. The molecule has 0 bridgehead atoms. The first-order valence-corrected chi connectivity index (χ1v) is 4.22. The molecule has 0 fully saturated rings. The molecule has 0 spiro atoms. The molecule has 0 amide bonds. The second-order valence-electron chi connectivity index (χ2n) is 2.79. The van der Waals surface area contributed by atoms with Gasteiger partial charge in [-0.2, -0.15) is 0 Å². The van der Waals surface area contributed by atoms with Crippen LogP contribution >= 0.6 is 0 Å². The summed E-state index contributed by atoms with van der Waals surface area (Å²) in [7, 11) is 0. The molecule has 0 aliphatic heterocycles. The molecule has 0 unspecified atom stereocenters. The maximum atomic E-state index is 10.3. The van der Waals surface area contributed by atoms with Crippen LogP contribution in [-0.2, 0) is 4.79 Å². The average molecular weight is 171 g/mol. The molecule has 0 saturated heterocycles. The summed E-state index contributed by atoms with van der Waals surface area (Å²) >= 11 is 0. The van der Waals surface area contributed by atoms with E-state index in [1.54, 1.807) is 0 Å². The lowest BCUT2D eigenvalue weighted by molar-refractivity contribution is -0.131. The van der Waals surface area contributed by atoms with Gasteiger partial charge in [-0.05, 0) is 20.0 Å². The fraction of sp³-hybridized carbons (Fsp3) is 0.667. The van der Waals surface area contributed by atoms with Crippen molar-refractivity contribution in [3.63, 3.8) is 0 Å². The minimum absolute atomic E-state index is 0.749. The summed E-state index contributed by atoms with van der Waals surface area (Å²) in [4.78, 5) is 12.4. The van der Waals surface area contributed by atoms with Gasteiger partial charge in [0.1, 0.15) is 0 Å². The van der Waals surface area contributed by atoms with Crippen LogP contribution < -0.4 is 0 Å². The monoisotopic (exact) mass is 171 g/mol. The Morgan fingerprint density at radius 2 is 1.92 bits per heavy atom. The van der Waals surface area contributed by atoms with E-state index >= 15 is 0 Å². The van der Waals surface area contributed by atoms with Crippen molar-refractivity contribution >= 4 is 5.97 Å². The van der Waals surface area contributed by atoms with E-state index in [1.807, 2.05) is 6.92 Å². The lowest BCUT2D eigenvalue weighted by Gasteiger charge is -2.17. The number of hydrogen-bond donors (Lipinski definition) is 1. The standard InChI is InChI=1S/C9H17NO2/c1-4-10(5-2)7-8(3)6-9(11)12/h6H,4-5,7H2,1-3H3,(H,11,12).